The van der Waals surface area contributed by atoms with E-state index in [1.165, 1.54) is 27.6 Å². The van der Waals surface area contributed by atoms with Gasteiger partial charge >= 0.3 is 0 Å². The molecule has 1 aromatic heterocycles. The molecule has 1 aliphatic heterocycles. The fraction of sp³-hybridized carbons (Fsp3) is 0.450. The number of fused-ring (bicyclic) bond motifs is 1. The molecule has 4 rings (SSSR count). The zero-order valence-corrected chi connectivity index (χ0v) is 16.8. The molecular formula is C20H24N2O3S2. The molecule has 1 saturated carbocycles. The van der Waals surface area contributed by atoms with E-state index in [0.29, 0.717) is 24.4 Å². The van der Waals surface area contributed by atoms with Gasteiger partial charge in [0.15, 0.2) is 0 Å². The largest absolute Gasteiger partial charge is 0.349 e. The predicted molar refractivity (Wildman–Crippen MR) is 106 cm³/mol. The second-order valence-electron chi connectivity index (χ2n) is 7.28. The second-order valence-corrected chi connectivity index (χ2v) is 10.1. The molecule has 1 aliphatic carbocycles. The van der Waals surface area contributed by atoms with Crippen molar-refractivity contribution < 1.29 is 13.2 Å². The minimum atomic E-state index is -3.69. The summed E-state index contributed by atoms with van der Waals surface area (Å²) in [5.41, 5.74) is 2.24. The minimum Gasteiger partial charge on any atom is -0.349 e. The Labute approximate surface area is 164 Å². The first-order chi connectivity index (χ1) is 13.1. The summed E-state index contributed by atoms with van der Waals surface area (Å²) < 4.78 is 28.0. The number of thiophene rings is 1. The molecule has 0 saturated heterocycles. The van der Waals surface area contributed by atoms with Crippen LogP contribution >= 0.6 is 11.3 Å². The molecule has 144 valence electrons. The van der Waals surface area contributed by atoms with E-state index in [4.69, 9.17) is 0 Å². The summed E-state index contributed by atoms with van der Waals surface area (Å²) in [5.74, 6) is -0.257. The van der Waals surface area contributed by atoms with Crippen molar-refractivity contribution in [1.82, 2.24) is 9.62 Å². The number of carbonyl (C=O) groups is 1. The van der Waals surface area contributed by atoms with Gasteiger partial charge in [0.2, 0.25) is 10.0 Å². The molecule has 1 N–H and O–H groups in total. The Bertz CT molecular complexity index is 930. The molecule has 0 bridgehead atoms. The molecule has 0 spiro atoms. The monoisotopic (exact) mass is 404 g/mol. The number of sulfonamides is 1. The van der Waals surface area contributed by atoms with E-state index in [0.717, 1.165) is 31.2 Å². The van der Waals surface area contributed by atoms with Crippen LogP contribution in [0.1, 0.15) is 52.9 Å². The number of carbonyl (C=O) groups excluding carboxylic acids is 1. The van der Waals surface area contributed by atoms with E-state index in [1.807, 2.05) is 24.3 Å². The van der Waals surface area contributed by atoms with Gasteiger partial charge in [-0.1, -0.05) is 43.5 Å². The van der Waals surface area contributed by atoms with Gasteiger partial charge in [0, 0.05) is 19.1 Å². The number of nitrogens with zero attached hydrogens (tertiary/aromatic N) is 1. The molecule has 0 radical (unpaired) electrons. The van der Waals surface area contributed by atoms with Crippen molar-refractivity contribution in [1.29, 1.82) is 0 Å². The molecule has 0 unspecified atom stereocenters. The third-order valence-electron chi connectivity index (χ3n) is 5.49. The average molecular weight is 405 g/mol. The third kappa shape index (κ3) is 3.81. The van der Waals surface area contributed by atoms with Gasteiger partial charge in [-0.2, -0.15) is 4.31 Å². The predicted octanol–water partition coefficient (Wildman–Crippen LogP) is 3.56. The maximum Gasteiger partial charge on any atom is 0.262 e. The van der Waals surface area contributed by atoms with Crippen molar-refractivity contribution in [2.24, 2.45) is 0 Å². The molecule has 0 atom stereocenters. The first-order valence-electron chi connectivity index (χ1n) is 9.51. The molecular weight excluding hydrogens is 380 g/mol. The van der Waals surface area contributed by atoms with Crippen LogP contribution in [-0.2, 0) is 23.0 Å². The lowest BCUT2D eigenvalue weighted by Gasteiger charge is -2.28. The first kappa shape index (κ1) is 18.7. The Balaban J connectivity index is 1.55. The highest BCUT2D eigenvalue weighted by molar-refractivity contribution is 7.89. The SMILES string of the molecule is O=C(NC1CCCCC1)c1sccc1S(=O)(=O)N1CCc2ccccc2C1. The molecule has 2 heterocycles. The van der Waals surface area contributed by atoms with Crippen LogP contribution in [0.4, 0.5) is 0 Å². The molecule has 27 heavy (non-hydrogen) atoms. The van der Waals surface area contributed by atoms with Crippen molar-refractivity contribution in [3.63, 3.8) is 0 Å². The summed E-state index contributed by atoms with van der Waals surface area (Å²) >= 11 is 1.20. The quantitative estimate of drug-likeness (QED) is 0.847. The molecule has 7 heteroatoms. The summed E-state index contributed by atoms with van der Waals surface area (Å²) in [6.07, 6.45) is 6.09. The lowest BCUT2D eigenvalue weighted by atomic mass is 9.95. The van der Waals surface area contributed by atoms with E-state index < -0.39 is 10.0 Å². The Kier molecular flexibility index (Phi) is 5.34. The van der Waals surface area contributed by atoms with Crippen LogP contribution in [-0.4, -0.2) is 31.2 Å². The highest BCUT2D eigenvalue weighted by Crippen LogP contribution is 2.29. The maximum absolute atomic E-state index is 13.2. The van der Waals surface area contributed by atoms with E-state index in [1.54, 1.807) is 11.4 Å². The van der Waals surface area contributed by atoms with Gasteiger partial charge in [-0.05, 0) is 41.8 Å². The fourth-order valence-corrected chi connectivity index (χ4v) is 6.70. The topological polar surface area (TPSA) is 66.5 Å². The van der Waals surface area contributed by atoms with Crippen LogP contribution in [0, 0.1) is 0 Å². The molecule has 2 aromatic rings. The molecule has 2 aliphatic rings. The lowest BCUT2D eigenvalue weighted by Crippen LogP contribution is -2.38. The Hall–Kier alpha value is -1.70. The number of rotatable bonds is 4. The maximum atomic E-state index is 13.2. The minimum absolute atomic E-state index is 0.139. The van der Waals surface area contributed by atoms with Crippen molar-refractivity contribution in [3.8, 4) is 0 Å². The highest BCUT2D eigenvalue weighted by atomic mass is 32.2. The molecule has 1 aromatic carbocycles. The van der Waals surface area contributed by atoms with Gasteiger partial charge in [0.25, 0.3) is 5.91 Å². The summed E-state index contributed by atoms with van der Waals surface area (Å²) in [6.45, 7) is 0.802. The number of benzene rings is 1. The molecule has 1 amide bonds. The van der Waals surface area contributed by atoms with Gasteiger partial charge < -0.3 is 5.32 Å². The summed E-state index contributed by atoms with van der Waals surface area (Å²) in [7, 11) is -3.69. The number of hydrogen-bond donors (Lipinski definition) is 1. The Morgan fingerprint density at radius 3 is 2.59 bits per heavy atom. The molecule has 1 fully saturated rings. The van der Waals surface area contributed by atoms with Crippen LogP contribution in [0.5, 0.6) is 0 Å². The Morgan fingerprint density at radius 2 is 1.81 bits per heavy atom. The summed E-state index contributed by atoms with van der Waals surface area (Å²) in [5, 5.41) is 4.74. The van der Waals surface area contributed by atoms with Crippen molar-refractivity contribution in [3.05, 3.63) is 51.7 Å². The lowest BCUT2D eigenvalue weighted by molar-refractivity contribution is 0.0928. The van der Waals surface area contributed by atoms with Gasteiger partial charge in [0.05, 0.1) is 0 Å². The zero-order valence-electron chi connectivity index (χ0n) is 15.2. The fourth-order valence-electron chi connectivity index (χ4n) is 3.98. The van der Waals surface area contributed by atoms with Gasteiger partial charge in [-0.15, -0.1) is 11.3 Å². The van der Waals surface area contributed by atoms with Gasteiger partial charge in [-0.25, -0.2) is 8.42 Å². The standard InChI is InChI=1S/C20H24N2O3S2/c23-20(21-17-8-2-1-3-9-17)19-18(11-13-26-19)27(24,25)22-12-10-15-6-4-5-7-16(15)14-22/h4-7,11,13,17H,1-3,8-10,12,14H2,(H,21,23). The van der Waals surface area contributed by atoms with Crippen LogP contribution in [0.25, 0.3) is 0 Å². The van der Waals surface area contributed by atoms with Crippen LogP contribution in [0.15, 0.2) is 40.6 Å². The smallest absolute Gasteiger partial charge is 0.262 e. The Morgan fingerprint density at radius 1 is 1.07 bits per heavy atom. The first-order valence-corrected chi connectivity index (χ1v) is 11.8. The molecule has 5 nitrogen and oxygen atoms in total. The number of hydrogen-bond acceptors (Lipinski definition) is 4. The number of amides is 1. The summed E-state index contributed by atoms with van der Waals surface area (Å²) in [6, 6.07) is 9.66. The average Bonchev–Trinajstić information content (AvgIpc) is 3.19. The summed E-state index contributed by atoms with van der Waals surface area (Å²) in [4.78, 5) is 13.2. The van der Waals surface area contributed by atoms with E-state index >= 15 is 0 Å². The van der Waals surface area contributed by atoms with Crippen molar-refractivity contribution in [2.45, 2.75) is 56.0 Å². The number of nitrogens with one attached hydrogen (secondary N) is 1. The normalized spacial score (nSPS) is 18.8. The van der Waals surface area contributed by atoms with Gasteiger partial charge in [-0.3, -0.25) is 4.79 Å². The zero-order chi connectivity index (χ0) is 18.9. The van der Waals surface area contributed by atoms with E-state index in [2.05, 4.69) is 5.32 Å². The van der Waals surface area contributed by atoms with Crippen LogP contribution < -0.4 is 5.32 Å². The van der Waals surface area contributed by atoms with Crippen molar-refractivity contribution in [2.75, 3.05) is 6.54 Å². The third-order valence-corrected chi connectivity index (χ3v) is 8.42. The highest BCUT2D eigenvalue weighted by Gasteiger charge is 2.32. The van der Waals surface area contributed by atoms with E-state index in [-0.39, 0.29) is 16.8 Å². The van der Waals surface area contributed by atoms with Crippen molar-refractivity contribution >= 4 is 27.3 Å². The van der Waals surface area contributed by atoms with Crippen LogP contribution in [0.3, 0.4) is 0 Å². The van der Waals surface area contributed by atoms with E-state index in [9.17, 15) is 13.2 Å². The second kappa shape index (κ2) is 7.73. The van der Waals surface area contributed by atoms with Gasteiger partial charge in [0.1, 0.15) is 9.77 Å². The van der Waals surface area contributed by atoms with Crippen LogP contribution in [0.2, 0.25) is 0 Å².